The minimum absolute atomic E-state index is 1.51. The van der Waals surface area contributed by atoms with Crippen LogP contribution >= 0.6 is 28.2 Å². The molecule has 1 unspecified atom stereocenters. The van der Waals surface area contributed by atoms with Gasteiger partial charge in [-0.3, -0.25) is 0 Å². The molecular weight excluding hydrogens is 283 g/mol. The Morgan fingerprint density at radius 1 is 1.27 bits per heavy atom. The summed E-state index contributed by atoms with van der Waals surface area (Å²) in [5.41, 5.74) is 0. The van der Waals surface area contributed by atoms with E-state index < -0.39 is 7.01 Å². The van der Waals surface area contributed by atoms with Crippen LogP contribution in [-0.2, 0) is 0 Å². The first-order valence-electron chi connectivity index (χ1n) is 2.19. The molecule has 0 heterocycles. The SMILES string of the molecule is CS(#N)(I)N=NN=NN=NN. The van der Waals surface area contributed by atoms with Crippen LogP contribution in [-0.4, -0.2) is 6.26 Å². The van der Waals surface area contributed by atoms with Crippen molar-refractivity contribution in [3.05, 3.63) is 0 Å². The average molecular weight is 288 g/mol. The first-order valence-corrected chi connectivity index (χ1v) is 6.68. The minimum atomic E-state index is -2.04. The third-order valence-corrected chi connectivity index (χ3v) is 1.26. The minimum Gasteiger partial charge on any atom is -0.303 e. The van der Waals surface area contributed by atoms with E-state index in [1.807, 2.05) is 0 Å². The molecule has 62 valence electrons. The molecule has 8 nitrogen and oxygen atoms in total. The van der Waals surface area contributed by atoms with Gasteiger partial charge >= 0.3 is 0 Å². The van der Waals surface area contributed by atoms with Crippen molar-refractivity contribution in [3.8, 4) is 0 Å². The topological polar surface area (TPSA) is 124 Å². The molecule has 0 aromatic carbocycles. The number of hydrogen-bond acceptors (Lipinski definition) is 3. The van der Waals surface area contributed by atoms with Crippen LogP contribution in [0.5, 0.6) is 0 Å². The number of hydrogen-bond donors (Lipinski definition) is 1. The molecule has 0 aliphatic heterocycles. The lowest BCUT2D eigenvalue weighted by molar-refractivity contribution is 0.833. The Morgan fingerprint density at radius 3 is 2.27 bits per heavy atom. The second-order valence-electron chi connectivity index (χ2n) is 1.29. The molecule has 2 N–H and O–H groups in total. The Hall–Kier alpha value is -0.610. The van der Waals surface area contributed by atoms with Crippen molar-refractivity contribution in [2.75, 3.05) is 6.26 Å². The van der Waals surface area contributed by atoms with E-state index in [4.69, 9.17) is 4.61 Å². The molecule has 1 atom stereocenters. The maximum atomic E-state index is 9.00. The van der Waals surface area contributed by atoms with Crippen LogP contribution in [0.15, 0.2) is 30.6 Å². The predicted octanol–water partition coefficient (Wildman–Crippen LogP) is 2.23. The monoisotopic (exact) mass is 288 g/mol. The summed E-state index contributed by atoms with van der Waals surface area (Å²) in [6, 6.07) is 0. The van der Waals surface area contributed by atoms with E-state index in [0.717, 1.165) is 0 Å². The van der Waals surface area contributed by atoms with Gasteiger partial charge in [-0.2, -0.15) is 4.61 Å². The zero-order valence-corrected chi connectivity index (χ0v) is 8.47. The van der Waals surface area contributed by atoms with Gasteiger partial charge in [-0.15, -0.1) is 0 Å². The Labute approximate surface area is 75.6 Å². The van der Waals surface area contributed by atoms with Crippen LogP contribution in [0.2, 0.25) is 0 Å². The summed E-state index contributed by atoms with van der Waals surface area (Å²) in [5.74, 6) is 4.58. The molecule has 0 radical (unpaired) electrons. The lowest BCUT2D eigenvalue weighted by Crippen LogP contribution is -1.70. The summed E-state index contributed by atoms with van der Waals surface area (Å²) in [6.07, 6.45) is 1.51. The van der Waals surface area contributed by atoms with Gasteiger partial charge in [0.2, 0.25) is 0 Å². The van der Waals surface area contributed by atoms with Crippen molar-refractivity contribution < 1.29 is 0 Å². The summed E-state index contributed by atoms with van der Waals surface area (Å²) in [6.45, 7) is 0. The molecule has 0 spiro atoms. The summed E-state index contributed by atoms with van der Waals surface area (Å²) in [5, 5.41) is 14.9. The van der Waals surface area contributed by atoms with Gasteiger partial charge in [0, 0.05) is 27.5 Å². The summed E-state index contributed by atoms with van der Waals surface area (Å²) < 4.78 is 12.4. The zero-order chi connectivity index (χ0) is 8.74. The maximum absolute atomic E-state index is 9.00. The quantitative estimate of drug-likeness (QED) is 0.362. The largest absolute Gasteiger partial charge is 0.303 e. The smallest absolute Gasteiger partial charge is 0.102 e. The van der Waals surface area contributed by atoms with E-state index in [-0.39, 0.29) is 0 Å². The van der Waals surface area contributed by atoms with Gasteiger partial charge in [-0.25, -0.2) is 0 Å². The van der Waals surface area contributed by atoms with Gasteiger partial charge in [0.15, 0.2) is 0 Å². The molecule has 0 fully saturated rings. The fraction of sp³-hybridized carbons (Fsp3) is 1.00. The lowest BCUT2D eigenvalue weighted by Gasteiger charge is -1.87. The van der Waals surface area contributed by atoms with Crippen LogP contribution in [0, 0.1) is 4.61 Å². The first-order chi connectivity index (χ1) is 5.06. The highest BCUT2D eigenvalue weighted by molar-refractivity contribution is 14.2. The van der Waals surface area contributed by atoms with Crippen LogP contribution in [0.4, 0.5) is 0 Å². The highest BCUT2D eigenvalue weighted by Gasteiger charge is 1.93. The van der Waals surface area contributed by atoms with Crippen LogP contribution in [0.1, 0.15) is 0 Å². The first kappa shape index (κ1) is 10.4. The number of nitrogens with zero attached hydrogens (tertiary/aromatic N) is 7. The van der Waals surface area contributed by atoms with Crippen molar-refractivity contribution in [1.82, 2.24) is 0 Å². The van der Waals surface area contributed by atoms with Crippen molar-refractivity contribution >= 4 is 28.2 Å². The molecule has 0 saturated carbocycles. The summed E-state index contributed by atoms with van der Waals surface area (Å²) in [4.78, 5) is 0. The molecule has 0 saturated heterocycles. The van der Waals surface area contributed by atoms with Crippen LogP contribution in [0.25, 0.3) is 0 Å². The Morgan fingerprint density at radius 2 is 1.82 bits per heavy atom. The third kappa shape index (κ3) is 9.39. The molecule has 0 aromatic heterocycles. The van der Waals surface area contributed by atoms with Gasteiger partial charge in [-0.1, -0.05) is 9.74 Å². The maximum Gasteiger partial charge on any atom is 0.102 e. The molecule has 0 bridgehead atoms. The van der Waals surface area contributed by atoms with E-state index in [9.17, 15) is 0 Å². The van der Waals surface area contributed by atoms with Crippen molar-refractivity contribution in [2.24, 2.45) is 36.5 Å². The van der Waals surface area contributed by atoms with E-state index in [1.54, 1.807) is 21.2 Å². The van der Waals surface area contributed by atoms with Gasteiger partial charge in [0.1, 0.15) is 7.01 Å². The Bertz CT molecular complexity index is 269. The normalized spacial score (nSPS) is 18.3. The molecule has 0 rings (SSSR count). The summed E-state index contributed by atoms with van der Waals surface area (Å²) in [7, 11) is -2.04. The number of halogens is 1. The molecular formula is CH5IN8S. The number of rotatable bonds is 2. The zero-order valence-electron chi connectivity index (χ0n) is 5.49. The van der Waals surface area contributed by atoms with Gasteiger partial charge < -0.3 is 5.84 Å². The fourth-order valence-electron chi connectivity index (χ4n) is 0.142. The average Bonchev–Trinajstić information content (AvgIpc) is 1.85. The fourth-order valence-corrected chi connectivity index (χ4v) is 0.544. The molecule has 0 amide bonds. The van der Waals surface area contributed by atoms with E-state index in [2.05, 4.69) is 36.5 Å². The van der Waals surface area contributed by atoms with Gasteiger partial charge in [-0.05, 0) is 20.9 Å². The Kier molecular flexibility index (Phi) is 4.81. The highest BCUT2D eigenvalue weighted by Crippen LogP contribution is 2.38. The van der Waals surface area contributed by atoms with Crippen LogP contribution < -0.4 is 5.84 Å². The molecule has 0 aliphatic rings. The number of nitrogens with two attached hydrogens (primary N) is 1. The lowest BCUT2D eigenvalue weighted by atomic mass is 12.0. The standard InChI is InChI=1S/CH5IN8S/c1-11(2,4)10-9-8-7-6-5-3/h1H3,(H2,3,6,8,10). The van der Waals surface area contributed by atoms with Crippen LogP contribution in [0.3, 0.4) is 0 Å². The van der Waals surface area contributed by atoms with Gasteiger partial charge in [0.25, 0.3) is 0 Å². The van der Waals surface area contributed by atoms with E-state index >= 15 is 0 Å². The molecule has 0 aromatic rings. The molecule has 11 heavy (non-hydrogen) atoms. The molecule has 0 aliphatic carbocycles. The Balaban J connectivity index is 3.91. The third-order valence-electron chi connectivity index (χ3n) is 0.357. The second kappa shape index (κ2) is 5.09. The van der Waals surface area contributed by atoms with Crippen molar-refractivity contribution in [1.29, 1.82) is 4.61 Å². The predicted molar refractivity (Wildman–Crippen MR) is 48.0 cm³/mol. The molecule has 10 heteroatoms. The van der Waals surface area contributed by atoms with Crippen molar-refractivity contribution in [3.63, 3.8) is 0 Å². The van der Waals surface area contributed by atoms with Crippen molar-refractivity contribution in [2.45, 2.75) is 0 Å². The van der Waals surface area contributed by atoms with E-state index in [0.29, 0.717) is 0 Å². The highest BCUT2D eigenvalue weighted by atomic mass is 127. The second-order valence-corrected chi connectivity index (χ2v) is 7.94. The van der Waals surface area contributed by atoms with Gasteiger partial charge in [0.05, 0.1) is 0 Å². The van der Waals surface area contributed by atoms with E-state index in [1.165, 1.54) is 6.26 Å². The summed E-state index contributed by atoms with van der Waals surface area (Å²) >= 11 is 1.74.